The number of rotatable bonds is 5. The molecule has 5 rings (SSSR count). The summed E-state index contributed by atoms with van der Waals surface area (Å²) in [5, 5.41) is 5.13. The number of nitrogens with one attached hydrogen (secondary N) is 2. The van der Waals surface area contributed by atoms with Gasteiger partial charge in [-0.25, -0.2) is 14.8 Å². The van der Waals surface area contributed by atoms with Crippen LogP contribution in [0.1, 0.15) is 5.56 Å². The highest BCUT2D eigenvalue weighted by Crippen LogP contribution is 2.34. The summed E-state index contributed by atoms with van der Waals surface area (Å²) in [6.07, 6.45) is 3.33. The number of benzene rings is 2. The van der Waals surface area contributed by atoms with E-state index >= 15 is 0 Å². The average molecular weight is 493 g/mol. The lowest BCUT2D eigenvalue weighted by molar-refractivity contribution is -0.149. The molecule has 2 N–H and O–H groups in total. The fraction of sp³-hybridized carbons (Fsp3) is 0.208. The zero-order chi connectivity index (χ0) is 24.4. The van der Waals surface area contributed by atoms with E-state index < -0.39 is 23.4 Å². The van der Waals surface area contributed by atoms with E-state index in [2.05, 4.69) is 20.6 Å². The first-order chi connectivity index (χ1) is 17.0. The molecule has 35 heavy (non-hydrogen) atoms. The smallest absolute Gasteiger partial charge is 0.328 e. The predicted octanol–water partition coefficient (Wildman–Crippen LogP) is 2.31. The number of anilines is 1. The van der Waals surface area contributed by atoms with Gasteiger partial charge in [0.2, 0.25) is 11.5 Å². The van der Waals surface area contributed by atoms with Gasteiger partial charge in [0.1, 0.15) is 11.5 Å². The van der Waals surface area contributed by atoms with Crippen LogP contribution in [0.3, 0.4) is 0 Å². The summed E-state index contributed by atoms with van der Waals surface area (Å²) in [4.78, 5) is 50.7. The number of halogens is 1. The molecule has 10 nitrogen and oxygen atoms in total. The molecule has 4 amide bonds. The van der Waals surface area contributed by atoms with Crippen LogP contribution in [0.5, 0.6) is 11.5 Å². The van der Waals surface area contributed by atoms with E-state index in [-0.39, 0.29) is 0 Å². The molecule has 2 saturated heterocycles. The van der Waals surface area contributed by atoms with E-state index in [1.165, 1.54) is 0 Å². The van der Waals surface area contributed by atoms with Crippen LogP contribution >= 0.6 is 11.6 Å². The molecule has 178 valence electrons. The quantitative estimate of drug-likeness (QED) is 0.521. The number of urea groups is 1. The number of amides is 4. The molecule has 0 atom stereocenters. The zero-order valence-electron chi connectivity index (χ0n) is 18.5. The van der Waals surface area contributed by atoms with Gasteiger partial charge in [-0.2, -0.15) is 0 Å². The highest BCUT2D eigenvalue weighted by Gasteiger charge is 2.56. The SMILES string of the molecule is O=C1NC(=O)C(c2ccc(Oc3ccc(Cl)cc3)cc2)(N2CCN(c3ncccn3)CC2)C(=O)N1. The molecule has 3 heterocycles. The van der Waals surface area contributed by atoms with Crippen molar-refractivity contribution in [2.45, 2.75) is 5.54 Å². The Hall–Kier alpha value is -4.02. The third-order valence-corrected chi connectivity index (χ3v) is 6.27. The molecule has 0 aliphatic carbocycles. The molecule has 2 aliphatic heterocycles. The van der Waals surface area contributed by atoms with E-state index in [0.717, 1.165) is 0 Å². The Morgan fingerprint density at radius 1 is 0.800 bits per heavy atom. The summed E-state index contributed by atoms with van der Waals surface area (Å²) in [5.41, 5.74) is -1.29. The van der Waals surface area contributed by atoms with Crippen molar-refractivity contribution in [1.29, 1.82) is 0 Å². The van der Waals surface area contributed by atoms with Gasteiger partial charge in [0.15, 0.2) is 0 Å². The molecule has 0 saturated carbocycles. The van der Waals surface area contributed by atoms with Crippen LogP contribution in [0, 0.1) is 0 Å². The summed E-state index contributed by atoms with van der Waals surface area (Å²) in [7, 11) is 0. The van der Waals surface area contributed by atoms with Gasteiger partial charge in [0.25, 0.3) is 11.8 Å². The van der Waals surface area contributed by atoms with Gasteiger partial charge in [-0.3, -0.25) is 25.1 Å². The Morgan fingerprint density at radius 3 is 1.91 bits per heavy atom. The normalized spacial score (nSPS) is 18.1. The number of barbiturate groups is 1. The maximum absolute atomic E-state index is 13.3. The fourth-order valence-corrected chi connectivity index (χ4v) is 4.48. The van der Waals surface area contributed by atoms with Crippen LogP contribution in [0.15, 0.2) is 67.0 Å². The Labute approximate surface area is 205 Å². The second kappa shape index (κ2) is 9.32. The molecule has 1 aromatic heterocycles. The van der Waals surface area contributed by atoms with Gasteiger partial charge < -0.3 is 9.64 Å². The van der Waals surface area contributed by atoms with Crippen LogP contribution in [0.25, 0.3) is 0 Å². The van der Waals surface area contributed by atoms with Gasteiger partial charge >= 0.3 is 6.03 Å². The van der Waals surface area contributed by atoms with Crippen molar-refractivity contribution in [3.05, 3.63) is 77.6 Å². The first kappa shape index (κ1) is 22.8. The minimum atomic E-state index is -1.71. The molecule has 0 spiro atoms. The first-order valence-corrected chi connectivity index (χ1v) is 11.3. The topological polar surface area (TPSA) is 117 Å². The highest BCUT2D eigenvalue weighted by molar-refractivity contribution is 6.30. The Morgan fingerprint density at radius 2 is 1.34 bits per heavy atom. The van der Waals surface area contributed by atoms with E-state index in [9.17, 15) is 14.4 Å². The van der Waals surface area contributed by atoms with E-state index in [0.29, 0.717) is 54.2 Å². The van der Waals surface area contributed by atoms with E-state index in [4.69, 9.17) is 16.3 Å². The van der Waals surface area contributed by atoms with Crippen LogP contribution in [0.4, 0.5) is 10.7 Å². The monoisotopic (exact) mass is 492 g/mol. The van der Waals surface area contributed by atoms with Crippen LogP contribution in [-0.4, -0.2) is 58.9 Å². The van der Waals surface area contributed by atoms with E-state index in [1.54, 1.807) is 71.9 Å². The number of hydrogen-bond donors (Lipinski definition) is 2. The van der Waals surface area contributed by atoms with Crippen LogP contribution < -0.4 is 20.3 Å². The third kappa shape index (κ3) is 4.29. The summed E-state index contributed by atoms with van der Waals surface area (Å²) < 4.78 is 5.84. The summed E-state index contributed by atoms with van der Waals surface area (Å²) >= 11 is 5.92. The van der Waals surface area contributed by atoms with Gasteiger partial charge in [0.05, 0.1) is 0 Å². The molecule has 3 aromatic rings. The molecular weight excluding hydrogens is 472 g/mol. The molecule has 0 bridgehead atoms. The Balaban J connectivity index is 1.43. The predicted molar refractivity (Wildman–Crippen MR) is 127 cm³/mol. The number of imide groups is 2. The molecule has 2 aromatic carbocycles. The standard InChI is InChI=1S/C24H21ClN6O4/c25-17-4-8-19(9-5-17)35-18-6-2-16(3-7-18)24(20(32)28-23(34)29-21(24)33)31-14-12-30(13-15-31)22-26-10-1-11-27-22/h1-11H,12-15H2,(H2,28,29,32,33,34). The number of ether oxygens (including phenoxy) is 1. The van der Waals surface area contributed by atoms with Crippen molar-refractivity contribution in [3.63, 3.8) is 0 Å². The van der Waals surface area contributed by atoms with Crippen molar-refractivity contribution >= 4 is 35.4 Å². The second-order valence-corrected chi connectivity index (χ2v) is 8.49. The van der Waals surface area contributed by atoms with Gasteiger partial charge in [-0.1, -0.05) is 23.7 Å². The van der Waals surface area contributed by atoms with Crippen molar-refractivity contribution in [1.82, 2.24) is 25.5 Å². The third-order valence-electron chi connectivity index (χ3n) is 6.02. The van der Waals surface area contributed by atoms with Crippen molar-refractivity contribution < 1.29 is 19.1 Å². The highest BCUT2D eigenvalue weighted by atomic mass is 35.5. The van der Waals surface area contributed by atoms with Crippen molar-refractivity contribution in [2.24, 2.45) is 0 Å². The Kier molecular flexibility index (Phi) is 6.06. The molecule has 2 aliphatic rings. The molecule has 0 radical (unpaired) electrons. The zero-order valence-corrected chi connectivity index (χ0v) is 19.2. The molecule has 11 heteroatoms. The summed E-state index contributed by atoms with van der Waals surface area (Å²) in [6, 6.07) is 14.5. The second-order valence-electron chi connectivity index (χ2n) is 8.05. The number of piperazine rings is 1. The number of carbonyl (C=O) groups excluding carboxylic acids is 3. The van der Waals surface area contributed by atoms with Crippen LogP contribution in [-0.2, 0) is 15.1 Å². The molecule has 2 fully saturated rings. The van der Waals surface area contributed by atoms with Gasteiger partial charge in [0, 0.05) is 43.6 Å². The van der Waals surface area contributed by atoms with E-state index in [1.807, 2.05) is 4.90 Å². The lowest BCUT2D eigenvalue weighted by Crippen LogP contribution is -2.73. The van der Waals surface area contributed by atoms with Gasteiger partial charge in [-0.05, 0) is 48.0 Å². The Bertz CT molecular complexity index is 1230. The van der Waals surface area contributed by atoms with Crippen LogP contribution in [0.2, 0.25) is 5.02 Å². The van der Waals surface area contributed by atoms with Gasteiger partial charge in [-0.15, -0.1) is 0 Å². The molecule has 0 unspecified atom stereocenters. The summed E-state index contributed by atoms with van der Waals surface area (Å²) in [5.74, 6) is 0.307. The largest absolute Gasteiger partial charge is 0.457 e. The number of hydrogen-bond acceptors (Lipinski definition) is 8. The summed E-state index contributed by atoms with van der Waals surface area (Å²) in [6.45, 7) is 1.74. The lowest BCUT2D eigenvalue weighted by Gasteiger charge is -2.46. The minimum absolute atomic E-state index is 0.371. The first-order valence-electron chi connectivity index (χ1n) is 10.9. The number of aromatic nitrogens is 2. The van der Waals surface area contributed by atoms with Crippen molar-refractivity contribution in [3.8, 4) is 11.5 Å². The lowest BCUT2D eigenvalue weighted by atomic mass is 9.84. The number of nitrogens with zero attached hydrogens (tertiary/aromatic N) is 4. The average Bonchev–Trinajstić information content (AvgIpc) is 2.87. The fourth-order valence-electron chi connectivity index (χ4n) is 4.35. The number of carbonyl (C=O) groups is 3. The maximum Gasteiger partial charge on any atom is 0.328 e. The van der Waals surface area contributed by atoms with Crippen molar-refractivity contribution in [2.75, 3.05) is 31.1 Å². The molecular formula is C24H21ClN6O4. The maximum atomic E-state index is 13.3. The minimum Gasteiger partial charge on any atom is -0.457 e.